The van der Waals surface area contributed by atoms with E-state index in [4.69, 9.17) is 5.11 Å². The minimum absolute atomic E-state index is 0.202. The molecule has 27 heavy (non-hydrogen) atoms. The Kier molecular flexibility index (Phi) is 5.49. The lowest BCUT2D eigenvalue weighted by Gasteiger charge is -2.33. The fourth-order valence-corrected chi connectivity index (χ4v) is 2.96. The van der Waals surface area contributed by atoms with Crippen LogP contribution < -0.4 is 10.5 Å². The molecule has 1 N–H and O–H groups in total. The van der Waals surface area contributed by atoms with Gasteiger partial charge in [-0.15, -0.1) is 0 Å². The molecule has 1 aromatic carbocycles. The van der Waals surface area contributed by atoms with E-state index in [1.165, 1.54) is 33.7 Å². The summed E-state index contributed by atoms with van der Waals surface area (Å²) in [5, 5.41) is 9.07. The summed E-state index contributed by atoms with van der Waals surface area (Å²) in [6, 6.07) is 5.51. The fraction of sp³-hybridized carbons (Fsp3) is 0.333. The molecule has 2 heterocycles. The summed E-state index contributed by atoms with van der Waals surface area (Å²) >= 11 is 0. The maximum absolute atomic E-state index is 13.2. The fourth-order valence-electron chi connectivity index (χ4n) is 2.96. The summed E-state index contributed by atoms with van der Waals surface area (Å²) in [7, 11) is 0. The second-order valence-corrected chi connectivity index (χ2v) is 6.17. The predicted octanol–water partition coefficient (Wildman–Crippen LogP) is 1.30. The summed E-state index contributed by atoms with van der Waals surface area (Å²) in [5.41, 5.74) is 0.670. The number of rotatable bonds is 5. The van der Waals surface area contributed by atoms with Crippen molar-refractivity contribution in [2.24, 2.45) is 0 Å². The number of anilines is 1. The molecule has 0 spiro atoms. The van der Waals surface area contributed by atoms with Crippen LogP contribution in [-0.4, -0.2) is 58.1 Å². The highest BCUT2D eigenvalue weighted by Crippen LogP contribution is 2.14. The number of hydrogen-bond donors (Lipinski definition) is 1. The maximum Gasteiger partial charge on any atom is 0.407 e. The van der Waals surface area contributed by atoms with Crippen LogP contribution in [0.5, 0.6) is 0 Å². The first kappa shape index (κ1) is 18.6. The third kappa shape index (κ3) is 4.13. The topological polar surface area (TPSA) is 95.7 Å². The van der Waals surface area contributed by atoms with E-state index in [9.17, 15) is 18.8 Å². The molecule has 1 aromatic heterocycles. The number of aldehydes is 1. The number of halogens is 1. The number of aromatic nitrogens is 2. The van der Waals surface area contributed by atoms with Gasteiger partial charge < -0.3 is 19.7 Å². The molecule has 0 radical (unpaired) electrons. The number of aryl methyl sites for hydroxylation is 1. The molecule has 1 saturated heterocycles. The van der Waals surface area contributed by atoms with E-state index in [0.717, 1.165) is 6.29 Å². The maximum atomic E-state index is 13.2. The number of hydrogen-bond acceptors (Lipinski definition) is 5. The van der Waals surface area contributed by atoms with Crippen molar-refractivity contribution >= 4 is 18.2 Å². The zero-order valence-electron chi connectivity index (χ0n) is 14.5. The third-order valence-electron chi connectivity index (χ3n) is 4.41. The van der Waals surface area contributed by atoms with E-state index in [1.807, 2.05) is 0 Å². The molecule has 0 saturated carbocycles. The Bertz CT molecular complexity index is 889. The van der Waals surface area contributed by atoms with E-state index in [-0.39, 0.29) is 30.9 Å². The van der Waals surface area contributed by atoms with Gasteiger partial charge in [0.15, 0.2) is 5.82 Å². The van der Waals surface area contributed by atoms with Crippen molar-refractivity contribution in [2.75, 3.05) is 31.1 Å². The number of carbonyl (C=O) groups excluding carboxylic acids is 1. The van der Waals surface area contributed by atoms with Crippen LogP contribution in [0.1, 0.15) is 12.1 Å². The summed E-state index contributed by atoms with van der Waals surface area (Å²) in [4.78, 5) is 42.2. The van der Waals surface area contributed by atoms with Crippen LogP contribution in [0.25, 0.3) is 5.69 Å². The van der Waals surface area contributed by atoms with Crippen molar-refractivity contribution in [1.82, 2.24) is 14.5 Å². The van der Waals surface area contributed by atoms with Gasteiger partial charge in [-0.05, 0) is 30.7 Å². The van der Waals surface area contributed by atoms with E-state index in [2.05, 4.69) is 4.98 Å². The minimum atomic E-state index is -0.994. The molecule has 0 aliphatic carbocycles. The highest BCUT2D eigenvalue weighted by molar-refractivity contribution is 5.65. The molecule has 3 rings (SSSR count). The Balaban J connectivity index is 1.98. The SMILES string of the molecule is O=CCCc1cn(-c2ccc(F)cc2)c(=O)c(N2CCN(C(=O)O)CC2)n1. The molecule has 1 aliphatic heterocycles. The predicted molar refractivity (Wildman–Crippen MR) is 96.0 cm³/mol. The first-order valence-electron chi connectivity index (χ1n) is 8.54. The van der Waals surface area contributed by atoms with Crippen LogP contribution in [-0.2, 0) is 11.2 Å². The van der Waals surface area contributed by atoms with Crippen molar-refractivity contribution in [3.8, 4) is 5.69 Å². The van der Waals surface area contributed by atoms with Gasteiger partial charge in [0.1, 0.15) is 12.1 Å². The van der Waals surface area contributed by atoms with Gasteiger partial charge in [-0.25, -0.2) is 14.2 Å². The Morgan fingerprint density at radius 2 is 1.85 bits per heavy atom. The number of amides is 1. The molecule has 8 nitrogen and oxygen atoms in total. The van der Waals surface area contributed by atoms with Gasteiger partial charge in [0, 0.05) is 44.5 Å². The largest absolute Gasteiger partial charge is 0.465 e. The van der Waals surface area contributed by atoms with Crippen LogP contribution in [0.15, 0.2) is 35.3 Å². The average Bonchev–Trinajstić information content (AvgIpc) is 2.68. The van der Waals surface area contributed by atoms with Crippen LogP contribution >= 0.6 is 0 Å². The second-order valence-electron chi connectivity index (χ2n) is 6.17. The Morgan fingerprint density at radius 1 is 1.19 bits per heavy atom. The highest BCUT2D eigenvalue weighted by atomic mass is 19.1. The molecule has 142 valence electrons. The highest BCUT2D eigenvalue weighted by Gasteiger charge is 2.24. The molecular formula is C18H19FN4O4. The molecule has 1 aliphatic rings. The monoisotopic (exact) mass is 374 g/mol. The number of nitrogens with zero attached hydrogens (tertiary/aromatic N) is 4. The molecule has 0 unspecified atom stereocenters. The lowest BCUT2D eigenvalue weighted by Crippen LogP contribution is -2.50. The van der Waals surface area contributed by atoms with E-state index in [1.54, 1.807) is 11.1 Å². The van der Waals surface area contributed by atoms with Crippen LogP contribution in [0.4, 0.5) is 15.0 Å². The van der Waals surface area contributed by atoms with Gasteiger partial charge in [-0.1, -0.05) is 0 Å². The van der Waals surface area contributed by atoms with Crippen molar-refractivity contribution in [2.45, 2.75) is 12.8 Å². The molecule has 0 bridgehead atoms. The zero-order chi connectivity index (χ0) is 19.4. The third-order valence-corrected chi connectivity index (χ3v) is 4.41. The first-order valence-corrected chi connectivity index (χ1v) is 8.54. The Hall–Kier alpha value is -3.23. The summed E-state index contributed by atoms with van der Waals surface area (Å²) in [6.45, 7) is 1.22. The Labute approximate surface area is 154 Å². The summed E-state index contributed by atoms with van der Waals surface area (Å²) in [6.07, 6.45) is 1.97. The van der Waals surface area contributed by atoms with Gasteiger partial charge in [0.25, 0.3) is 5.56 Å². The van der Waals surface area contributed by atoms with Gasteiger partial charge in [-0.2, -0.15) is 0 Å². The number of benzene rings is 1. The van der Waals surface area contributed by atoms with Crippen LogP contribution in [0.3, 0.4) is 0 Å². The summed E-state index contributed by atoms with van der Waals surface area (Å²) < 4.78 is 14.6. The van der Waals surface area contributed by atoms with Crippen molar-refractivity contribution in [1.29, 1.82) is 0 Å². The van der Waals surface area contributed by atoms with Gasteiger partial charge >= 0.3 is 6.09 Å². The number of carboxylic acid groups (broad SMARTS) is 1. The average molecular weight is 374 g/mol. The van der Waals surface area contributed by atoms with E-state index >= 15 is 0 Å². The van der Waals surface area contributed by atoms with Crippen LogP contribution in [0.2, 0.25) is 0 Å². The van der Waals surface area contributed by atoms with Crippen molar-refractivity contribution in [3.05, 3.63) is 52.3 Å². The van der Waals surface area contributed by atoms with Gasteiger partial charge in [0.05, 0.1) is 5.69 Å². The van der Waals surface area contributed by atoms with Crippen molar-refractivity contribution in [3.63, 3.8) is 0 Å². The molecule has 0 atom stereocenters. The molecule has 1 amide bonds. The quantitative estimate of drug-likeness (QED) is 0.793. The van der Waals surface area contributed by atoms with Gasteiger partial charge in [-0.3, -0.25) is 9.36 Å². The van der Waals surface area contributed by atoms with E-state index < -0.39 is 11.9 Å². The zero-order valence-corrected chi connectivity index (χ0v) is 14.5. The summed E-state index contributed by atoms with van der Waals surface area (Å²) in [5.74, 6) is -0.209. The number of carbonyl (C=O) groups is 2. The lowest BCUT2D eigenvalue weighted by molar-refractivity contribution is -0.107. The van der Waals surface area contributed by atoms with Gasteiger partial charge in [0.2, 0.25) is 0 Å². The second kappa shape index (κ2) is 7.98. The normalized spacial score (nSPS) is 14.3. The first-order chi connectivity index (χ1) is 13.0. The van der Waals surface area contributed by atoms with E-state index in [0.29, 0.717) is 30.9 Å². The van der Waals surface area contributed by atoms with Crippen molar-refractivity contribution < 1.29 is 19.1 Å². The lowest BCUT2D eigenvalue weighted by atomic mass is 10.2. The molecule has 9 heteroatoms. The standard InChI is InChI=1S/C18H19FN4O4/c19-13-3-5-15(6-4-13)23-12-14(2-1-11-24)20-16(17(23)25)21-7-9-22(10-8-21)18(26)27/h3-6,11-12H,1-2,7-10H2,(H,26,27). The van der Waals surface area contributed by atoms with Crippen LogP contribution in [0, 0.1) is 5.82 Å². The number of piperazine rings is 1. The Morgan fingerprint density at radius 3 is 2.44 bits per heavy atom. The smallest absolute Gasteiger partial charge is 0.407 e. The molecular weight excluding hydrogens is 355 g/mol. The minimum Gasteiger partial charge on any atom is -0.465 e. The molecule has 2 aromatic rings. The molecule has 1 fully saturated rings.